The molecular formula is C15H22N6O2. The molecule has 0 radical (unpaired) electrons. The zero-order valence-electron chi connectivity index (χ0n) is 13.7. The van der Waals surface area contributed by atoms with Crippen LogP contribution in [0.15, 0.2) is 18.5 Å². The number of nitrogens with one attached hydrogen (secondary N) is 2. The van der Waals surface area contributed by atoms with Gasteiger partial charge < -0.3 is 10.6 Å². The Bertz CT molecular complexity index is 688. The molecule has 0 fully saturated rings. The third-order valence-electron chi connectivity index (χ3n) is 3.33. The van der Waals surface area contributed by atoms with Crippen molar-refractivity contribution in [2.45, 2.75) is 40.3 Å². The summed E-state index contributed by atoms with van der Waals surface area (Å²) >= 11 is 0. The van der Waals surface area contributed by atoms with Crippen molar-refractivity contribution in [1.29, 1.82) is 0 Å². The number of rotatable bonds is 7. The summed E-state index contributed by atoms with van der Waals surface area (Å²) in [5.74, 6) is -0.540. The van der Waals surface area contributed by atoms with Crippen molar-refractivity contribution in [1.82, 2.24) is 24.9 Å². The molecule has 0 aliphatic carbocycles. The van der Waals surface area contributed by atoms with Gasteiger partial charge in [-0.2, -0.15) is 10.2 Å². The number of nitrogens with zero attached hydrogens (tertiary/aromatic N) is 4. The quantitative estimate of drug-likeness (QED) is 0.802. The van der Waals surface area contributed by atoms with Gasteiger partial charge in [-0.15, -0.1) is 0 Å². The van der Waals surface area contributed by atoms with Crippen LogP contribution >= 0.6 is 0 Å². The number of aryl methyl sites for hydroxylation is 2. The van der Waals surface area contributed by atoms with E-state index in [1.807, 2.05) is 26.8 Å². The Hall–Kier alpha value is -2.64. The van der Waals surface area contributed by atoms with Gasteiger partial charge in [-0.3, -0.25) is 19.0 Å². The lowest BCUT2D eigenvalue weighted by atomic mass is 10.3. The summed E-state index contributed by atoms with van der Waals surface area (Å²) in [6.45, 7) is 7.03. The van der Waals surface area contributed by atoms with Crippen LogP contribution in [0, 0.1) is 6.92 Å². The van der Waals surface area contributed by atoms with Gasteiger partial charge in [0.15, 0.2) is 5.69 Å². The molecule has 2 rings (SSSR count). The largest absolute Gasteiger partial charge is 0.351 e. The van der Waals surface area contributed by atoms with Crippen molar-refractivity contribution in [2.75, 3.05) is 11.9 Å². The van der Waals surface area contributed by atoms with Crippen LogP contribution in [-0.2, 0) is 17.9 Å². The Labute approximate surface area is 134 Å². The van der Waals surface area contributed by atoms with Crippen molar-refractivity contribution in [3.8, 4) is 0 Å². The summed E-state index contributed by atoms with van der Waals surface area (Å²) in [5.41, 5.74) is 1.53. The standard InChI is InChI=1S/C15H22N6O2/c1-4-7-16-15(23)14-12(9-20(5-2)19-14)18-13(22)10-21-11(3)6-8-17-21/h6,8-9H,4-5,7,10H2,1-3H3,(H,16,23)(H,18,22). The lowest BCUT2D eigenvalue weighted by Gasteiger charge is -2.07. The number of amides is 2. The van der Waals surface area contributed by atoms with Gasteiger partial charge in [0.2, 0.25) is 5.91 Å². The van der Waals surface area contributed by atoms with E-state index < -0.39 is 0 Å². The van der Waals surface area contributed by atoms with Gasteiger partial charge in [-0.1, -0.05) is 6.92 Å². The molecule has 2 heterocycles. The number of carbonyl (C=O) groups is 2. The SMILES string of the molecule is CCCNC(=O)c1nn(CC)cc1NC(=O)Cn1nccc1C. The Kier molecular flexibility index (Phi) is 5.51. The molecule has 0 atom stereocenters. The normalized spacial score (nSPS) is 10.6. The van der Waals surface area contributed by atoms with Crippen LogP contribution in [0.3, 0.4) is 0 Å². The second kappa shape index (κ2) is 7.57. The number of carbonyl (C=O) groups excluding carboxylic acids is 2. The molecule has 0 saturated carbocycles. The third-order valence-corrected chi connectivity index (χ3v) is 3.33. The topological polar surface area (TPSA) is 93.8 Å². The molecule has 0 spiro atoms. The lowest BCUT2D eigenvalue weighted by Crippen LogP contribution is -2.27. The number of anilines is 1. The van der Waals surface area contributed by atoms with Crippen LogP contribution in [-0.4, -0.2) is 37.9 Å². The maximum absolute atomic E-state index is 12.2. The summed E-state index contributed by atoms with van der Waals surface area (Å²) in [5, 5.41) is 13.8. The van der Waals surface area contributed by atoms with Crippen molar-refractivity contribution in [3.05, 3.63) is 29.8 Å². The highest BCUT2D eigenvalue weighted by Gasteiger charge is 2.18. The second-order valence-corrected chi connectivity index (χ2v) is 5.18. The molecule has 0 bridgehead atoms. The molecule has 0 unspecified atom stereocenters. The zero-order chi connectivity index (χ0) is 16.8. The molecule has 124 valence electrons. The highest BCUT2D eigenvalue weighted by Crippen LogP contribution is 2.14. The van der Waals surface area contributed by atoms with E-state index in [1.54, 1.807) is 21.8 Å². The van der Waals surface area contributed by atoms with Crippen molar-refractivity contribution in [3.63, 3.8) is 0 Å². The second-order valence-electron chi connectivity index (χ2n) is 5.18. The Morgan fingerprint density at radius 2 is 2.09 bits per heavy atom. The molecule has 23 heavy (non-hydrogen) atoms. The molecule has 2 aromatic rings. The van der Waals surface area contributed by atoms with Gasteiger partial charge in [0.25, 0.3) is 5.91 Å². The van der Waals surface area contributed by atoms with E-state index in [0.29, 0.717) is 18.8 Å². The zero-order valence-corrected chi connectivity index (χ0v) is 13.7. The minimum absolute atomic E-state index is 0.0894. The van der Waals surface area contributed by atoms with Gasteiger partial charge in [0.1, 0.15) is 6.54 Å². The summed E-state index contributed by atoms with van der Waals surface area (Å²) in [7, 11) is 0. The van der Waals surface area contributed by atoms with Gasteiger partial charge in [0.05, 0.1) is 5.69 Å². The van der Waals surface area contributed by atoms with Crippen LogP contribution in [0.2, 0.25) is 0 Å². The highest BCUT2D eigenvalue weighted by molar-refractivity contribution is 6.02. The summed E-state index contributed by atoms with van der Waals surface area (Å²) in [6.07, 6.45) is 4.14. The number of hydrogen-bond donors (Lipinski definition) is 2. The minimum Gasteiger partial charge on any atom is -0.351 e. The molecule has 2 N–H and O–H groups in total. The fourth-order valence-corrected chi connectivity index (χ4v) is 2.05. The molecular weight excluding hydrogens is 296 g/mol. The van der Waals surface area contributed by atoms with Gasteiger partial charge in [-0.05, 0) is 26.3 Å². The predicted octanol–water partition coefficient (Wildman–Crippen LogP) is 1.19. The van der Waals surface area contributed by atoms with E-state index in [2.05, 4.69) is 20.8 Å². The predicted molar refractivity (Wildman–Crippen MR) is 86.1 cm³/mol. The summed E-state index contributed by atoms with van der Waals surface area (Å²) < 4.78 is 3.21. The first kappa shape index (κ1) is 16.7. The van der Waals surface area contributed by atoms with E-state index in [-0.39, 0.29) is 24.1 Å². The first-order valence-corrected chi connectivity index (χ1v) is 7.69. The van der Waals surface area contributed by atoms with Crippen molar-refractivity contribution < 1.29 is 9.59 Å². The Morgan fingerprint density at radius 3 is 2.70 bits per heavy atom. The number of aromatic nitrogens is 4. The molecule has 0 saturated heterocycles. The van der Waals surface area contributed by atoms with Crippen molar-refractivity contribution >= 4 is 17.5 Å². The molecule has 0 aliphatic rings. The molecule has 8 heteroatoms. The summed E-state index contributed by atoms with van der Waals surface area (Å²) in [6, 6.07) is 1.83. The fraction of sp³-hybridized carbons (Fsp3) is 0.467. The lowest BCUT2D eigenvalue weighted by molar-refractivity contribution is -0.116. The first-order valence-electron chi connectivity index (χ1n) is 7.69. The van der Waals surface area contributed by atoms with E-state index in [0.717, 1.165) is 12.1 Å². The fourth-order valence-electron chi connectivity index (χ4n) is 2.05. The highest BCUT2D eigenvalue weighted by atomic mass is 16.2. The smallest absolute Gasteiger partial charge is 0.273 e. The molecule has 0 aliphatic heterocycles. The van der Waals surface area contributed by atoms with Crippen molar-refractivity contribution in [2.24, 2.45) is 0 Å². The maximum Gasteiger partial charge on any atom is 0.273 e. The molecule has 2 amide bonds. The average Bonchev–Trinajstić information content (AvgIpc) is 3.11. The number of hydrogen-bond acceptors (Lipinski definition) is 4. The monoisotopic (exact) mass is 318 g/mol. The van der Waals surface area contributed by atoms with E-state index in [1.165, 1.54) is 0 Å². The summed E-state index contributed by atoms with van der Waals surface area (Å²) in [4.78, 5) is 24.3. The maximum atomic E-state index is 12.2. The van der Waals surface area contributed by atoms with Crippen LogP contribution in [0.5, 0.6) is 0 Å². The third kappa shape index (κ3) is 4.18. The Balaban J connectivity index is 2.11. The van der Waals surface area contributed by atoms with Crippen LogP contribution in [0.4, 0.5) is 5.69 Å². The Morgan fingerprint density at radius 1 is 1.30 bits per heavy atom. The van der Waals surface area contributed by atoms with E-state index in [9.17, 15) is 9.59 Å². The van der Waals surface area contributed by atoms with Crippen LogP contribution < -0.4 is 10.6 Å². The average molecular weight is 318 g/mol. The first-order chi connectivity index (χ1) is 11.0. The van der Waals surface area contributed by atoms with Gasteiger partial charge in [-0.25, -0.2) is 0 Å². The van der Waals surface area contributed by atoms with Crippen LogP contribution in [0.25, 0.3) is 0 Å². The minimum atomic E-state index is -0.287. The molecule has 2 aromatic heterocycles. The van der Waals surface area contributed by atoms with Gasteiger partial charge >= 0.3 is 0 Å². The van der Waals surface area contributed by atoms with Gasteiger partial charge in [0, 0.05) is 31.2 Å². The van der Waals surface area contributed by atoms with E-state index in [4.69, 9.17) is 0 Å². The molecule has 0 aromatic carbocycles. The molecule has 8 nitrogen and oxygen atoms in total. The van der Waals surface area contributed by atoms with E-state index >= 15 is 0 Å². The van der Waals surface area contributed by atoms with Crippen LogP contribution in [0.1, 0.15) is 36.5 Å².